The first-order valence-corrected chi connectivity index (χ1v) is 8.51. The maximum atomic E-state index is 12.2. The van der Waals surface area contributed by atoms with Crippen LogP contribution in [-0.4, -0.2) is 38.6 Å². The summed E-state index contributed by atoms with van der Waals surface area (Å²) >= 11 is 1.26. The number of amides is 2. The van der Waals surface area contributed by atoms with Crippen LogP contribution in [0.25, 0.3) is 0 Å². The van der Waals surface area contributed by atoms with E-state index in [0.29, 0.717) is 33.7 Å². The number of carbonyl (C=O) groups excluding carboxylic acids is 2. The molecule has 3 rings (SSSR count). The minimum absolute atomic E-state index is 0.100. The molecular formula is C17H19N3O3S. The number of nitrogens with one attached hydrogen (secondary N) is 3. The Kier molecular flexibility index (Phi) is 5.12. The van der Waals surface area contributed by atoms with Crippen LogP contribution in [0, 0.1) is 5.92 Å². The van der Waals surface area contributed by atoms with Gasteiger partial charge in [-0.15, -0.1) is 11.3 Å². The van der Waals surface area contributed by atoms with Gasteiger partial charge in [0.25, 0.3) is 11.8 Å². The van der Waals surface area contributed by atoms with Crippen molar-refractivity contribution in [3.63, 3.8) is 0 Å². The first kappa shape index (κ1) is 16.5. The van der Waals surface area contributed by atoms with Gasteiger partial charge in [-0.3, -0.25) is 9.59 Å². The summed E-state index contributed by atoms with van der Waals surface area (Å²) in [6.07, 6.45) is 0. The predicted octanol–water partition coefficient (Wildman–Crippen LogP) is 1.96. The highest BCUT2D eigenvalue weighted by atomic mass is 32.1. The number of ether oxygens (including phenoxy) is 1. The van der Waals surface area contributed by atoms with E-state index >= 15 is 0 Å². The van der Waals surface area contributed by atoms with Gasteiger partial charge in [-0.1, -0.05) is 0 Å². The molecule has 1 aromatic heterocycles. The summed E-state index contributed by atoms with van der Waals surface area (Å²) in [4.78, 5) is 24.9. The Labute approximate surface area is 144 Å². The third-order valence-electron chi connectivity index (χ3n) is 3.84. The van der Waals surface area contributed by atoms with Gasteiger partial charge in [-0.05, 0) is 36.4 Å². The molecule has 0 spiro atoms. The molecule has 3 N–H and O–H groups in total. The molecule has 0 bridgehead atoms. The van der Waals surface area contributed by atoms with Crippen LogP contribution in [0.1, 0.15) is 20.0 Å². The van der Waals surface area contributed by atoms with Crippen LogP contribution in [0.3, 0.4) is 0 Å². The van der Waals surface area contributed by atoms with Gasteiger partial charge >= 0.3 is 0 Å². The lowest BCUT2D eigenvalue weighted by atomic mass is 10.0. The lowest BCUT2D eigenvalue weighted by Gasteiger charge is -2.26. The smallest absolute Gasteiger partial charge is 0.261 e. The molecular weight excluding hydrogens is 326 g/mol. The van der Waals surface area contributed by atoms with Crippen LogP contribution in [0.15, 0.2) is 36.4 Å². The Hall–Kier alpha value is -2.38. The molecule has 0 saturated carbocycles. The Morgan fingerprint density at radius 2 is 1.92 bits per heavy atom. The molecule has 0 atom stereocenters. The number of anilines is 1. The van der Waals surface area contributed by atoms with E-state index in [1.54, 1.807) is 43.5 Å². The van der Waals surface area contributed by atoms with E-state index in [1.165, 1.54) is 11.3 Å². The maximum Gasteiger partial charge on any atom is 0.261 e. The van der Waals surface area contributed by atoms with E-state index in [-0.39, 0.29) is 11.8 Å². The van der Waals surface area contributed by atoms with Gasteiger partial charge in [-0.2, -0.15) is 0 Å². The van der Waals surface area contributed by atoms with Crippen molar-refractivity contribution in [3.8, 4) is 5.75 Å². The summed E-state index contributed by atoms with van der Waals surface area (Å²) in [6, 6.07) is 10.3. The summed E-state index contributed by atoms with van der Waals surface area (Å²) < 4.78 is 5.07. The number of thiophene rings is 1. The molecule has 1 aliphatic heterocycles. The monoisotopic (exact) mass is 345 g/mol. The number of hydrogen-bond donors (Lipinski definition) is 3. The Morgan fingerprint density at radius 3 is 2.54 bits per heavy atom. The molecule has 1 aromatic carbocycles. The molecule has 2 amide bonds. The first-order chi connectivity index (χ1) is 11.7. The molecule has 2 heterocycles. The van der Waals surface area contributed by atoms with Crippen LogP contribution in [0.2, 0.25) is 0 Å². The largest absolute Gasteiger partial charge is 0.497 e. The van der Waals surface area contributed by atoms with Crippen LogP contribution < -0.4 is 20.7 Å². The number of rotatable bonds is 6. The van der Waals surface area contributed by atoms with E-state index < -0.39 is 0 Å². The van der Waals surface area contributed by atoms with Crippen molar-refractivity contribution < 1.29 is 14.3 Å². The third-order valence-corrected chi connectivity index (χ3v) is 4.84. The first-order valence-electron chi connectivity index (χ1n) is 7.70. The van der Waals surface area contributed by atoms with Gasteiger partial charge in [0.2, 0.25) is 0 Å². The summed E-state index contributed by atoms with van der Waals surface area (Å²) in [7, 11) is 1.58. The molecule has 24 heavy (non-hydrogen) atoms. The number of hydrogen-bond acceptors (Lipinski definition) is 5. The Morgan fingerprint density at radius 1 is 1.17 bits per heavy atom. The maximum absolute atomic E-state index is 12.2. The van der Waals surface area contributed by atoms with Crippen molar-refractivity contribution >= 4 is 28.2 Å². The average molecular weight is 345 g/mol. The van der Waals surface area contributed by atoms with Gasteiger partial charge in [0.1, 0.15) is 5.75 Å². The van der Waals surface area contributed by atoms with Gasteiger partial charge in [0.05, 0.1) is 17.0 Å². The second kappa shape index (κ2) is 7.46. The van der Waals surface area contributed by atoms with Crippen molar-refractivity contribution in [2.75, 3.05) is 32.1 Å². The molecule has 7 heteroatoms. The van der Waals surface area contributed by atoms with Crippen molar-refractivity contribution in [3.05, 3.63) is 46.8 Å². The molecule has 6 nitrogen and oxygen atoms in total. The zero-order valence-electron chi connectivity index (χ0n) is 13.3. The van der Waals surface area contributed by atoms with Crippen LogP contribution in [-0.2, 0) is 0 Å². The van der Waals surface area contributed by atoms with E-state index in [0.717, 1.165) is 13.1 Å². The van der Waals surface area contributed by atoms with Gasteiger partial charge in [-0.25, -0.2) is 0 Å². The quantitative estimate of drug-likeness (QED) is 0.748. The van der Waals surface area contributed by atoms with Crippen LogP contribution >= 0.6 is 11.3 Å². The Balaban J connectivity index is 1.56. The van der Waals surface area contributed by atoms with Gasteiger partial charge in [0.15, 0.2) is 0 Å². The van der Waals surface area contributed by atoms with E-state index in [4.69, 9.17) is 4.74 Å². The molecule has 2 aromatic rings. The van der Waals surface area contributed by atoms with Gasteiger partial charge in [0, 0.05) is 31.1 Å². The third kappa shape index (κ3) is 3.93. The average Bonchev–Trinajstić information content (AvgIpc) is 3.02. The predicted molar refractivity (Wildman–Crippen MR) is 94.0 cm³/mol. The van der Waals surface area contributed by atoms with Crippen molar-refractivity contribution in [1.29, 1.82) is 0 Å². The van der Waals surface area contributed by atoms with Crippen molar-refractivity contribution in [2.24, 2.45) is 5.92 Å². The zero-order chi connectivity index (χ0) is 16.9. The van der Waals surface area contributed by atoms with Crippen LogP contribution in [0.4, 0.5) is 5.00 Å². The second-order valence-corrected chi connectivity index (χ2v) is 6.66. The number of carbonyl (C=O) groups is 2. The lowest BCUT2D eigenvalue weighted by molar-refractivity contribution is 0.0945. The standard InChI is InChI=1S/C17H19N3O3S/c1-23-13-4-2-12(3-5-13)16(21)20-15-7-6-14(24-15)17(22)19-10-11-8-18-9-11/h2-7,11,18H,8-10H2,1H3,(H,19,22)(H,20,21). The van der Waals surface area contributed by atoms with Gasteiger partial charge < -0.3 is 20.7 Å². The minimum Gasteiger partial charge on any atom is -0.497 e. The molecule has 0 radical (unpaired) electrons. The fraction of sp³-hybridized carbons (Fsp3) is 0.294. The summed E-state index contributed by atoms with van der Waals surface area (Å²) in [5.41, 5.74) is 0.535. The molecule has 0 aliphatic carbocycles. The van der Waals surface area contributed by atoms with E-state index in [1.807, 2.05) is 0 Å². The lowest BCUT2D eigenvalue weighted by Crippen LogP contribution is -2.48. The van der Waals surface area contributed by atoms with Crippen molar-refractivity contribution in [1.82, 2.24) is 10.6 Å². The fourth-order valence-electron chi connectivity index (χ4n) is 2.27. The van der Waals surface area contributed by atoms with E-state index in [2.05, 4.69) is 16.0 Å². The minimum atomic E-state index is -0.216. The summed E-state index contributed by atoms with van der Waals surface area (Å²) in [5, 5.41) is 9.54. The second-order valence-electron chi connectivity index (χ2n) is 5.58. The van der Waals surface area contributed by atoms with E-state index in [9.17, 15) is 9.59 Å². The summed E-state index contributed by atoms with van der Waals surface area (Å²) in [6.45, 7) is 2.58. The number of methoxy groups -OCH3 is 1. The highest BCUT2D eigenvalue weighted by Gasteiger charge is 2.18. The molecule has 0 unspecified atom stereocenters. The van der Waals surface area contributed by atoms with Crippen molar-refractivity contribution in [2.45, 2.75) is 0 Å². The highest BCUT2D eigenvalue weighted by Crippen LogP contribution is 2.23. The Bertz CT molecular complexity index is 723. The zero-order valence-corrected chi connectivity index (χ0v) is 14.1. The van der Waals surface area contributed by atoms with Crippen LogP contribution in [0.5, 0.6) is 5.75 Å². The number of benzene rings is 1. The normalized spacial score (nSPS) is 13.9. The molecule has 1 saturated heterocycles. The fourth-order valence-corrected chi connectivity index (χ4v) is 3.09. The SMILES string of the molecule is COc1ccc(C(=O)Nc2ccc(C(=O)NCC3CNC3)s2)cc1. The highest BCUT2D eigenvalue weighted by molar-refractivity contribution is 7.18. The topological polar surface area (TPSA) is 79.5 Å². The summed E-state index contributed by atoms with van der Waals surface area (Å²) in [5.74, 6) is 0.898. The molecule has 126 valence electrons. The molecule has 1 aliphatic rings. The molecule has 1 fully saturated rings.